The van der Waals surface area contributed by atoms with Crippen LogP contribution in [0.25, 0.3) is 0 Å². The van der Waals surface area contributed by atoms with Gasteiger partial charge in [0.05, 0.1) is 0 Å². The van der Waals surface area contributed by atoms with Crippen molar-refractivity contribution in [2.75, 3.05) is 0 Å². The fraction of sp³-hybridized carbons (Fsp3) is 0.625. The fourth-order valence-corrected chi connectivity index (χ4v) is 1.04. The number of allylic oxidation sites excluding steroid dienone is 2. The number of aliphatic hydroxyl groups excluding tert-OH is 1. The van der Waals surface area contributed by atoms with E-state index in [0.29, 0.717) is 12.8 Å². The highest BCUT2D eigenvalue weighted by Crippen LogP contribution is 2.08. The number of ketones is 1. The van der Waals surface area contributed by atoms with Crippen LogP contribution in [-0.2, 0) is 4.79 Å². The second kappa shape index (κ2) is 3.52. The number of hydrogen-bond donors (Lipinski definition) is 1. The monoisotopic (exact) mass is 140 g/mol. The molecule has 1 N–H and O–H groups in total. The fourth-order valence-electron chi connectivity index (χ4n) is 1.04. The van der Waals surface area contributed by atoms with Gasteiger partial charge >= 0.3 is 0 Å². The number of aliphatic hydroxyl groups is 1. The van der Waals surface area contributed by atoms with Crippen LogP contribution in [0.3, 0.4) is 0 Å². The van der Waals surface area contributed by atoms with Gasteiger partial charge in [-0.1, -0.05) is 12.2 Å². The lowest BCUT2D eigenvalue weighted by atomic mass is 10.0. The number of carbonyl (C=O) groups is 1. The molecule has 2 heteroatoms. The normalized spacial score (nSPS) is 30.9. The van der Waals surface area contributed by atoms with Crippen LogP contribution >= 0.6 is 0 Å². The van der Waals surface area contributed by atoms with Gasteiger partial charge < -0.3 is 5.11 Å². The molecule has 56 valence electrons. The van der Waals surface area contributed by atoms with Crippen LogP contribution in [0, 0.1) is 0 Å². The maximum atomic E-state index is 10.9. The molecule has 0 aromatic heterocycles. The van der Waals surface area contributed by atoms with E-state index < -0.39 is 6.10 Å². The van der Waals surface area contributed by atoms with Crippen LogP contribution in [-0.4, -0.2) is 17.0 Å². The van der Waals surface area contributed by atoms with Crippen molar-refractivity contribution in [1.82, 2.24) is 0 Å². The molecule has 0 spiro atoms. The summed E-state index contributed by atoms with van der Waals surface area (Å²) in [7, 11) is 0. The predicted octanol–water partition coefficient (Wildman–Crippen LogP) is 1.05. The average molecular weight is 140 g/mol. The summed E-state index contributed by atoms with van der Waals surface area (Å²) in [4.78, 5) is 10.9. The van der Waals surface area contributed by atoms with E-state index in [1.165, 1.54) is 0 Å². The Kier molecular flexibility index (Phi) is 2.63. The third-order valence-corrected chi connectivity index (χ3v) is 1.70. The van der Waals surface area contributed by atoms with E-state index in [0.717, 1.165) is 12.8 Å². The molecular formula is C8H12O2. The smallest absolute Gasteiger partial charge is 0.161 e. The van der Waals surface area contributed by atoms with Crippen LogP contribution < -0.4 is 0 Å². The van der Waals surface area contributed by atoms with Gasteiger partial charge in [-0.05, 0) is 19.3 Å². The zero-order valence-electron chi connectivity index (χ0n) is 5.92. The van der Waals surface area contributed by atoms with Gasteiger partial charge in [0.15, 0.2) is 5.78 Å². The van der Waals surface area contributed by atoms with Crippen LogP contribution in [0.1, 0.15) is 25.7 Å². The Morgan fingerprint density at radius 3 is 2.90 bits per heavy atom. The number of carbonyl (C=O) groups excluding carboxylic acids is 1. The third kappa shape index (κ3) is 1.95. The minimum absolute atomic E-state index is 0.00986. The summed E-state index contributed by atoms with van der Waals surface area (Å²) in [6, 6.07) is 0. The van der Waals surface area contributed by atoms with Crippen molar-refractivity contribution < 1.29 is 9.90 Å². The first-order chi connectivity index (χ1) is 4.80. The Bertz CT molecular complexity index is 149. The molecule has 0 bridgehead atoms. The van der Waals surface area contributed by atoms with Gasteiger partial charge in [-0.15, -0.1) is 0 Å². The lowest BCUT2D eigenvalue weighted by Crippen LogP contribution is -2.20. The molecular weight excluding hydrogens is 128 g/mol. The van der Waals surface area contributed by atoms with E-state index >= 15 is 0 Å². The summed E-state index contributed by atoms with van der Waals surface area (Å²) in [5, 5.41) is 9.10. The molecule has 0 saturated carbocycles. The Labute approximate surface area is 60.6 Å². The maximum absolute atomic E-state index is 10.9. The standard InChI is InChI=1S/C8H12O2/c9-7-5-3-1-2-4-6-8(7)10/h1-2,7,9H,3-6H2/b2-1+/t7-/m1/s1. The topological polar surface area (TPSA) is 37.3 Å². The first-order valence-corrected chi connectivity index (χ1v) is 3.66. The van der Waals surface area contributed by atoms with Crippen LogP contribution in [0.15, 0.2) is 12.2 Å². The van der Waals surface area contributed by atoms with Gasteiger partial charge in [0, 0.05) is 6.42 Å². The van der Waals surface area contributed by atoms with Crippen molar-refractivity contribution in [3.05, 3.63) is 12.2 Å². The molecule has 1 atom stereocenters. The van der Waals surface area contributed by atoms with Gasteiger partial charge in [-0.2, -0.15) is 0 Å². The van der Waals surface area contributed by atoms with Gasteiger partial charge in [-0.25, -0.2) is 0 Å². The van der Waals surface area contributed by atoms with E-state index in [1.807, 2.05) is 12.2 Å². The second-order valence-corrected chi connectivity index (χ2v) is 2.57. The maximum Gasteiger partial charge on any atom is 0.161 e. The molecule has 0 aliphatic heterocycles. The van der Waals surface area contributed by atoms with Crippen molar-refractivity contribution in [2.24, 2.45) is 0 Å². The van der Waals surface area contributed by atoms with Gasteiger partial charge in [0.25, 0.3) is 0 Å². The predicted molar refractivity (Wildman–Crippen MR) is 38.6 cm³/mol. The molecule has 10 heavy (non-hydrogen) atoms. The first kappa shape index (κ1) is 7.48. The Hall–Kier alpha value is -0.630. The second-order valence-electron chi connectivity index (χ2n) is 2.57. The lowest BCUT2D eigenvalue weighted by Gasteiger charge is -2.08. The quantitative estimate of drug-likeness (QED) is 0.510. The molecule has 0 heterocycles. The molecule has 0 amide bonds. The molecule has 0 radical (unpaired) electrons. The molecule has 1 aliphatic carbocycles. The van der Waals surface area contributed by atoms with Crippen LogP contribution in [0.2, 0.25) is 0 Å². The van der Waals surface area contributed by atoms with Crippen LogP contribution in [0.4, 0.5) is 0 Å². The molecule has 0 aromatic carbocycles. The highest BCUT2D eigenvalue weighted by molar-refractivity contribution is 5.82. The number of Topliss-reactive ketones (excluding diaryl/α,β-unsaturated/α-hetero) is 1. The summed E-state index contributed by atoms with van der Waals surface area (Å²) in [5.74, 6) is -0.00986. The summed E-state index contributed by atoms with van der Waals surface area (Å²) < 4.78 is 0. The SMILES string of the molecule is O=C1CC/C=C/CC[C@H]1O. The Morgan fingerprint density at radius 1 is 1.40 bits per heavy atom. The van der Waals surface area contributed by atoms with Crippen LogP contribution in [0.5, 0.6) is 0 Å². The largest absolute Gasteiger partial charge is 0.385 e. The Balaban J connectivity index is 2.48. The summed E-state index contributed by atoms with van der Waals surface area (Å²) >= 11 is 0. The van der Waals surface area contributed by atoms with Gasteiger partial charge in [0.2, 0.25) is 0 Å². The van der Waals surface area contributed by atoms with Crippen molar-refractivity contribution in [3.63, 3.8) is 0 Å². The molecule has 0 aromatic rings. The van der Waals surface area contributed by atoms with E-state index in [9.17, 15) is 4.79 Å². The van der Waals surface area contributed by atoms with Crippen molar-refractivity contribution in [3.8, 4) is 0 Å². The highest BCUT2D eigenvalue weighted by atomic mass is 16.3. The first-order valence-electron chi connectivity index (χ1n) is 3.66. The van der Waals surface area contributed by atoms with Crippen molar-refractivity contribution in [1.29, 1.82) is 0 Å². The zero-order chi connectivity index (χ0) is 7.40. The van der Waals surface area contributed by atoms with E-state index in [2.05, 4.69) is 0 Å². The average Bonchev–Trinajstić information content (AvgIpc) is 1.92. The Morgan fingerprint density at radius 2 is 2.10 bits per heavy atom. The zero-order valence-corrected chi connectivity index (χ0v) is 5.92. The van der Waals surface area contributed by atoms with E-state index in [4.69, 9.17) is 5.11 Å². The van der Waals surface area contributed by atoms with E-state index in [-0.39, 0.29) is 5.78 Å². The minimum atomic E-state index is -0.704. The van der Waals surface area contributed by atoms with E-state index in [1.54, 1.807) is 0 Å². The summed E-state index contributed by atoms with van der Waals surface area (Å²) in [6.07, 6.45) is 6.03. The van der Waals surface area contributed by atoms with Gasteiger partial charge in [-0.3, -0.25) is 4.79 Å². The van der Waals surface area contributed by atoms with Crippen molar-refractivity contribution >= 4 is 5.78 Å². The molecule has 1 aliphatic rings. The minimum Gasteiger partial charge on any atom is -0.385 e. The van der Waals surface area contributed by atoms with Gasteiger partial charge in [0.1, 0.15) is 6.10 Å². The lowest BCUT2D eigenvalue weighted by molar-refractivity contribution is -0.127. The molecule has 0 fully saturated rings. The van der Waals surface area contributed by atoms with Crippen molar-refractivity contribution in [2.45, 2.75) is 31.8 Å². The summed E-state index contributed by atoms with van der Waals surface area (Å²) in [6.45, 7) is 0. The highest BCUT2D eigenvalue weighted by Gasteiger charge is 2.13. The molecule has 0 saturated heterocycles. The molecule has 1 rings (SSSR count). The third-order valence-electron chi connectivity index (χ3n) is 1.70. The molecule has 2 nitrogen and oxygen atoms in total. The number of rotatable bonds is 0. The molecule has 0 unspecified atom stereocenters. The summed E-state index contributed by atoms with van der Waals surface area (Å²) in [5.41, 5.74) is 0. The number of hydrogen-bond acceptors (Lipinski definition) is 2.